The molecular formula is C19H35Br4N. The van der Waals surface area contributed by atoms with E-state index in [4.69, 9.17) is 0 Å². The van der Waals surface area contributed by atoms with Gasteiger partial charge in [-0.05, 0) is 55.4 Å². The summed E-state index contributed by atoms with van der Waals surface area (Å²) in [6.45, 7) is 4.75. The minimum absolute atomic E-state index is 0.440. The van der Waals surface area contributed by atoms with Gasteiger partial charge in [-0.15, -0.1) is 0 Å². The number of hydrogen-bond acceptors (Lipinski definition) is 1. The number of alkyl halides is 4. The normalized spacial score (nSPS) is 26.4. The van der Waals surface area contributed by atoms with E-state index in [-0.39, 0.29) is 0 Å². The van der Waals surface area contributed by atoms with Crippen molar-refractivity contribution in [3.05, 3.63) is 0 Å². The molecule has 1 aliphatic heterocycles. The van der Waals surface area contributed by atoms with E-state index in [1.807, 2.05) is 0 Å². The van der Waals surface area contributed by atoms with E-state index in [1.165, 1.54) is 64.5 Å². The lowest BCUT2D eigenvalue weighted by molar-refractivity contribution is 0.121. The van der Waals surface area contributed by atoms with Crippen molar-refractivity contribution in [3.8, 4) is 0 Å². The molecule has 1 saturated heterocycles. The molecule has 0 spiro atoms. The molecule has 0 aromatic carbocycles. The summed E-state index contributed by atoms with van der Waals surface area (Å²) in [7, 11) is 0. The van der Waals surface area contributed by atoms with Crippen molar-refractivity contribution >= 4 is 63.7 Å². The van der Waals surface area contributed by atoms with E-state index < -0.39 is 0 Å². The van der Waals surface area contributed by atoms with Crippen molar-refractivity contribution in [2.24, 2.45) is 23.2 Å². The van der Waals surface area contributed by atoms with E-state index in [9.17, 15) is 0 Å². The second-order valence-electron chi connectivity index (χ2n) is 7.61. The van der Waals surface area contributed by atoms with Crippen molar-refractivity contribution < 1.29 is 0 Å². The molecule has 0 aromatic heterocycles. The van der Waals surface area contributed by atoms with Crippen LogP contribution in [-0.4, -0.2) is 34.4 Å². The Morgan fingerprint density at radius 1 is 1.04 bits per heavy atom. The molecule has 1 rings (SSSR count). The SMILES string of the molecule is CCCC1(C(CBr)CBr)CNCCCCC(CCC(CBr)CBr)C1. The molecular weight excluding hydrogens is 562 g/mol. The highest BCUT2D eigenvalue weighted by molar-refractivity contribution is 9.10. The Kier molecular flexibility index (Phi) is 13.9. The van der Waals surface area contributed by atoms with Gasteiger partial charge in [0.1, 0.15) is 0 Å². The topological polar surface area (TPSA) is 12.0 Å². The first kappa shape index (κ1) is 23.9. The summed E-state index contributed by atoms with van der Waals surface area (Å²) in [5, 5.41) is 8.27. The Labute approximate surface area is 183 Å². The van der Waals surface area contributed by atoms with Gasteiger partial charge in [0.2, 0.25) is 0 Å². The molecule has 0 amide bonds. The minimum Gasteiger partial charge on any atom is -0.316 e. The molecule has 24 heavy (non-hydrogen) atoms. The molecule has 2 atom stereocenters. The van der Waals surface area contributed by atoms with Crippen LogP contribution in [0.5, 0.6) is 0 Å². The van der Waals surface area contributed by atoms with Crippen LogP contribution in [0.2, 0.25) is 0 Å². The highest BCUT2D eigenvalue weighted by Crippen LogP contribution is 2.43. The largest absolute Gasteiger partial charge is 0.316 e. The first-order valence-electron chi connectivity index (χ1n) is 9.60. The van der Waals surface area contributed by atoms with Gasteiger partial charge in [0.25, 0.3) is 0 Å². The van der Waals surface area contributed by atoms with Crippen molar-refractivity contribution in [3.63, 3.8) is 0 Å². The highest BCUT2D eigenvalue weighted by Gasteiger charge is 2.38. The average Bonchev–Trinajstić information content (AvgIpc) is 2.68. The summed E-state index contributed by atoms with van der Waals surface area (Å²) >= 11 is 15.0. The summed E-state index contributed by atoms with van der Waals surface area (Å²) in [6.07, 6.45) is 10.9. The number of rotatable bonds is 10. The Hall–Kier alpha value is 1.88. The lowest BCUT2D eigenvalue weighted by Gasteiger charge is -2.42. The minimum atomic E-state index is 0.440. The van der Waals surface area contributed by atoms with Crippen LogP contribution in [0.4, 0.5) is 0 Å². The van der Waals surface area contributed by atoms with E-state index in [0.717, 1.165) is 33.2 Å². The van der Waals surface area contributed by atoms with Crippen molar-refractivity contribution in [2.75, 3.05) is 34.4 Å². The van der Waals surface area contributed by atoms with Gasteiger partial charge in [0.05, 0.1) is 0 Å². The molecule has 1 heterocycles. The van der Waals surface area contributed by atoms with Gasteiger partial charge in [-0.2, -0.15) is 0 Å². The first-order chi connectivity index (χ1) is 11.7. The van der Waals surface area contributed by atoms with Gasteiger partial charge in [0.15, 0.2) is 0 Å². The Bertz CT molecular complexity index is 308. The molecule has 144 valence electrons. The lowest BCUT2D eigenvalue weighted by atomic mass is 9.67. The quantitative estimate of drug-likeness (QED) is 0.264. The second kappa shape index (κ2) is 14.0. The Morgan fingerprint density at radius 2 is 1.75 bits per heavy atom. The monoisotopic (exact) mass is 593 g/mol. The summed E-state index contributed by atoms with van der Waals surface area (Å²) in [5.41, 5.74) is 0.440. The molecule has 5 heteroatoms. The lowest BCUT2D eigenvalue weighted by Crippen LogP contribution is -2.43. The van der Waals surface area contributed by atoms with Crippen LogP contribution in [0.1, 0.15) is 58.3 Å². The maximum Gasteiger partial charge on any atom is 0.00734 e. The summed E-state index contributed by atoms with van der Waals surface area (Å²) in [5.74, 6) is 2.38. The van der Waals surface area contributed by atoms with Crippen LogP contribution in [0.15, 0.2) is 0 Å². The number of hydrogen-bond donors (Lipinski definition) is 1. The third-order valence-corrected chi connectivity index (χ3v) is 9.19. The van der Waals surface area contributed by atoms with E-state index in [1.54, 1.807) is 0 Å². The fraction of sp³-hybridized carbons (Fsp3) is 1.00. The molecule has 0 radical (unpaired) electrons. The standard InChI is InChI=1S/C19H35Br4N/c1-2-8-19(18(13-22)14-23)10-16(5-3-4-9-24-15-19)6-7-17(11-20)12-21/h16-18,24H,2-15H2,1H3. The zero-order chi connectivity index (χ0) is 17.8. The molecule has 0 aromatic rings. The zero-order valence-electron chi connectivity index (χ0n) is 15.1. The maximum absolute atomic E-state index is 3.82. The molecule has 1 aliphatic rings. The highest BCUT2D eigenvalue weighted by atomic mass is 79.9. The van der Waals surface area contributed by atoms with Crippen LogP contribution >= 0.6 is 63.7 Å². The zero-order valence-corrected chi connectivity index (χ0v) is 21.5. The van der Waals surface area contributed by atoms with Crippen LogP contribution < -0.4 is 5.32 Å². The third-order valence-electron chi connectivity index (χ3n) is 5.79. The van der Waals surface area contributed by atoms with Gasteiger partial charge in [-0.1, -0.05) is 96.3 Å². The van der Waals surface area contributed by atoms with E-state index >= 15 is 0 Å². The van der Waals surface area contributed by atoms with Gasteiger partial charge < -0.3 is 5.32 Å². The third kappa shape index (κ3) is 7.86. The number of nitrogens with one attached hydrogen (secondary N) is 1. The predicted octanol–water partition coefficient (Wildman–Crippen LogP) is 7.14. The van der Waals surface area contributed by atoms with Crippen molar-refractivity contribution in [2.45, 2.75) is 58.3 Å². The average molecular weight is 597 g/mol. The van der Waals surface area contributed by atoms with Crippen LogP contribution in [0.25, 0.3) is 0 Å². The molecule has 0 saturated carbocycles. The molecule has 0 aliphatic carbocycles. The fourth-order valence-corrected chi connectivity index (χ4v) is 8.42. The molecule has 0 bridgehead atoms. The van der Waals surface area contributed by atoms with Crippen LogP contribution in [0.3, 0.4) is 0 Å². The fourth-order valence-electron chi connectivity index (χ4n) is 4.25. The van der Waals surface area contributed by atoms with Gasteiger partial charge in [0, 0.05) is 27.9 Å². The smallest absolute Gasteiger partial charge is 0.00734 e. The molecule has 1 nitrogen and oxygen atoms in total. The van der Waals surface area contributed by atoms with Crippen LogP contribution in [0, 0.1) is 23.2 Å². The van der Waals surface area contributed by atoms with Gasteiger partial charge in [-0.3, -0.25) is 0 Å². The summed E-state index contributed by atoms with van der Waals surface area (Å²) < 4.78 is 0. The Balaban J connectivity index is 2.87. The maximum atomic E-state index is 3.82. The van der Waals surface area contributed by atoms with Crippen molar-refractivity contribution in [1.82, 2.24) is 5.32 Å². The first-order valence-corrected chi connectivity index (χ1v) is 14.1. The number of halogens is 4. The molecule has 1 fully saturated rings. The van der Waals surface area contributed by atoms with E-state index in [2.05, 4.69) is 76.0 Å². The van der Waals surface area contributed by atoms with Gasteiger partial charge >= 0.3 is 0 Å². The Morgan fingerprint density at radius 3 is 2.33 bits per heavy atom. The molecule has 1 N–H and O–H groups in total. The predicted molar refractivity (Wildman–Crippen MR) is 124 cm³/mol. The summed E-state index contributed by atoms with van der Waals surface area (Å²) in [4.78, 5) is 0. The summed E-state index contributed by atoms with van der Waals surface area (Å²) in [6, 6.07) is 0. The van der Waals surface area contributed by atoms with Crippen LogP contribution in [-0.2, 0) is 0 Å². The molecule has 2 unspecified atom stereocenters. The van der Waals surface area contributed by atoms with Gasteiger partial charge in [-0.25, -0.2) is 0 Å². The van der Waals surface area contributed by atoms with E-state index in [0.29, 0.717) is 11.3 Å². The second-order valence-corrected chi connectivity index (χ2v) is 10.2. The van der Waals surface area contributed by atoms with Crippen molar-refractivity contribution in [1.29, 1.82) is 0 Å².